The van der Waals surface area contributed by atoms with Crippen molar-refractivity contribution in [2.45, 2.75) is 57.3 Å². The molecule has 0 fully saturated rings. The lowest BCUT2D eigenvalue weighted by atomic mass is 9.79. The van der Waals surface area contributed by atoms with Crippen LogP contribution in [0.1, 0.15) is 52.7 Å². The number of alkyl halides is 1. The fraction of sp³-hybridized carbons (Fsp3) is 0.625. The van der Waals surface area contributed by atoms with E-state index in [4.69, 9.17) is 11.6 Å². The molecule has 0 bridgehead atoms. The van der Waals surface area contributed by atoms with Crippen LogP contribution >= 0.6 is 11.6 Å². The predicted molar refractivity (Wildman–Crippen MR) is 87.5 cm³/mol. The molecule has 0 heterocycles. The minimum absolute atomic E-state index is 0.203. The van der Waals surface area contributed by atoms with Gasteiger partial charge in [0.2, 0.25) is 0 Å². The average Bonchev–Trinajstić information content (AvgIpc) is 2.26. The highest BCUT2D eigenvalue weighted by molar-refractivity contribution is 7.91. The summed E-state index contributed by atoms with van der Waals surface area (Å²) in [6, 6.07) is 3.71. The van der Waals surface area contributed by atoms with Gasteiger partial charge in [-0.15, -0.1) is 11.6 Å². The number of phenols is 1. The van der Waals surface area contributed by atoms with E-state index in [1.165, 1.54) is 0 Å². The molecule has 114 valence electrons. The number of halogens is 1. The third-order valence-electron chi connectivity index (χ3n) is 3.22. The smallest absolute Gasteiger partial charge is 0.153 e. The summed E-state index contributed by atoms with van der Waals surface area (Å²) < 4.78 is 12.3. The Morgan fingerprint density at radius 3 is 1.75 bits per heavy atom. The van der Waals surface area contributed by atoms with Crippen molar-refractivity contribution < 1.29 is 9.66 Å². The quantitative estimate of drug-likeness (QED) is 0.666. The number of benzene rings is 1. The molecule has 2 nitrogen and oxygen atoms in total. The first-order chi connectivity index (χ1) is 8.98. The van der Waals surface area contributed by atoms with E-state index >= 15 is 0 Å². The summed E-state index contributed by atoms with van der Waals surface area (Å²) in [4.78, 5) is 0.748. The number of rotatable bonds is 3. The molecule has 1 aromatic rings. The van der Waals surface area contributed by atoms with Crippen LogP contribution in [0.5, 0.6) is 5.75 Å². The van der Waals surface area contributed by atoms with Gasteiger partial charge >= 0.3 is 0 Å². The highest BCUT2D eigenvalue weighted by atomic mass is 35.5. The molecular weight excluding hydrogens is 292 g/mol. The van der Waals surface area contributed by atoms with Crippen molar-refractivity contribution in [3.8, 4) is 5.75 Å². The summed E-state index contributed by atoms with van der Waals surface area (Å²) in [5.74, 6) is 1.11. The monoisotopic (exact) mass is 316 g/mol. The van der Waals surface area contributed by atoms with Crippen molar-refractivity contribution in [3.63, 3.8) is 0 Å². The molecule has 1 atom stereocenters. The van der Waals surface area contributed by atoms with E-state index in [9.17, 15) is 9.66 Å². The Hall–Kier alpha value is -0.380. The van der Waals surface area contributed by atoms with Crippen molar-refractivity contribution in [3.05, 3.63) is 23.3 Å². The van der Waals surface area contributed by atoms with Crippen LogP contribution in [0.25, 0.3) is 0 Å². The maximum atomic E-state index is 12.3. The molecule has 4 heteroatoms. The first-order valence-corrected chi connectivity index (χ1v) is 8.66. The van der Waals surface area contributed by atoms with Crippen LogP contribution in [0.15, 0.2) is 17.0 Å². The molecule has 0 aliphatic carbocycles. The summed E-state index contributed by atoms with van der Waals surface area (Å²) in [6.45, 7) is 12.3. The Bertz CT molecular complexity index is 437. The molecule has 0 radical (unpaired) electrons. The van der Waals surface area contributed by atoms with Gasteiger partial charge in [-0.25, -0.2) is 0 Å². The zero-order chi connectivity index (χ0) is 15.7. The SMILES string of the molecule is CC(C)(C)c1cc([S+]([O-])CCCl)cc(C(C)(C)C)c1O. The maximum Gasteiger partial charge on any atom is 0.153 e. The second-order valence-corrected chi connectivity index (χ2v) is 9.05. The number of hydrogen-bond acceptors (Lipinski definition) is 2. The second kappa shape index (κ2) is 6.17. The minimum Gasteiger partial charge on any atom is -0.611 e. The minimum atomic E-state index is -1.12. The highest BCUT2D eigenvalue weighted by Crippen LogP contribution is 2.40. The first kappa shape index (κ1) is 17.7. The van der Waals surface area contributed by atoms with Crippen LogP contribution in [0, 0.1) is 0 Å². The molecule has 0 aromatic heterocycles. The number of phenolic OH excluding ortho intramolecular Hbond substituents is 1. The van der Waals surface area contributed by atoms with Gasteiger partial charge in [-0.2, -0.15) is 0 Å². The Labute approximate surface area is 130 Å². The van der Waals surface area contributed by atoms with E-state index in [1.54, 1.807) is 0 Å². The van der Waals surface area contributed by atoms with E-state index < -0.39 is 11.2 Å². The first-order valence-electron chi connectivity index (χ1n) is 6.81. The van der Waals surface area contributed by atoms with Gasteiger partial charge in [0.15, 0.2) is 4.90 Å². The van der Waals surface area contributed by atoms with Crippen LogP contribution in [-0.4, -0.2) is 21.3 Å². The normalized spacial score (nSPS) is 14.4. The van der Waals surface area contributed by atoms with E-state index in [0.29, 0.717) is 17.4 Å². The summed E-state index contributed by atoms with van der Waals surface area (Å²) >= 11 is 4.57. The second-order valence-electron chi connectivity index (χ2n) is 7.11. The van der Waals surface area contributed by atoms with E-state index in [0.717, 1.165) is 16.0 Å². The Kier molecular flexibility index (Phi) is 5.45. The molecule has 1 aromatic carbocycles. The van der Waals surface area contributed by atoms with Crippen molar-refractivity contribution in [1.82, 2.24) is 0 Å². The van der Waals surface area contributed by atoms with Gasteiger partial charge in [-0.05, 0) is 22.0 Å². The van der Waals surface area contributed by atoms with Gasteiger partial charge in [0.05, 0.1) is 5.88 Å². The van der Waals surface area contributed by atoms with Crippen LogP contribution in [0.4, 0.5) is 0 Å². The maximum absolute atomic E-state index is 12.3. The molecule has 1 N–H and O–H groups in total. The van der Waals surface area contributed by atoms with Crippen LogP contribution < -0.4 is 0 Å². The Morgan fingerprint density at radius 2 is 1.45 bits per heavy atom. The lowest BCUT2D eigenvalue weighted by molar-refractivity contribution is 0.422. The summed E-state index contributed by atoms with van der Waals surface area (Å²) in [6.07, 6.45) is 0. The molecule has 1 rings (SSSR count). The van der Waals surface area contributed by atoms with Gasteiger partial charge in [0.25, 0.3) is 0 Å². The fourth-order valence-corrected chi connectivity index (χ4v) is 3.37. The number of hydrogen-bond donors (Lipinski definition) is 1. The van der Waals surface area contributed by atoms with Crippen LogP contribution in [-0.2, 0) is 22.0 Å². The highest BCUT2D eigenvalue weighted by Gasteiger charge is 2.29. The van der Waals surface area contributed by atoms with Crippen LogP contribution in [0.2, 0.25) is 0 Å². The number of aromatic hydroxyl groups is 1. The fourth-order valence-electron chi connectivity index (χ4n) is 2.07. The third-order valence-corrected chi connectivity index (χ3v) is 4.97. The molecule has 20 heavy (non-hydrogen) atoms. The van der Waals surface area contributed by atoms with Crippen molar-refractivity contribution in [2.24, 2.45) is 0 Å². The van der Waals surface area contributed by atoms with Crippen LogP contribution in [0.3, 0.4) is 0 Å². The van der Waals surface area contributed by atoms with E-state index in [1.807, 2.05) is 53.7 Å². The van der Waals surface area contributed by atoms with Gasteiger partial charge in [-0.3, -0.25) is 0 Å². The molecular formula is C16H25ClO2S. The van der Waals surface area contributed by atoms with Gasteiger partial charge in [0, 0.05) is 23.3 Å². The van der Waals surface area contributed by atoms with Crippen molar-refractivity contribution >= 4 is 22.8 Å². The lowest BCUT2D eigenvalue weighted by Gasteiger charge is -2.28. The molecule has 0 saturated heterocycles. The standard InChI is InChI=1S/C16H25ClO2S/c1-15(2,3)12-9-11(20(19)8-7-17)10-13(14(12)18)16(4,5)6/h9-10,18H,7-8H2,1-6H3. The van der Waals surface area contributed by atoms with Gasteiger partial charge in [-0.1, -0.05) is 41.5 Å². The zero-order valence-corrected chi connectivity index (χ0v) is 14.8. The molecule has 0 aliphatic heterocycles. The van der Waals surface area contributed by atoms with Crippen molar-refractivity contribution in [1.29, 1.82) is 0 Å². The van der Waals surface area contributed by atoms with Gasteiger partial charge < -0.3 is 9.66 Å². The van der Waals surface area contributed by atoms with E-state index in [-0.39, 0.29) is 10.8 Å². The summed E-state index contributed by atoms with van der Waals surface area (Å²) in [7, 11) is 0. The average molecular weight is 317 g/mol. The largest absolute Gasteiger partial charge is 0.611 e. The molecule has 1 unspecified atom stereocenters. The predicted octanol–water partition coefficient (Wildman–Crippen LogP) is 4.33. The van der Waals surface area contributed by atoms with Crippen molar-refractivity contribution in [2.75, 3.05) is 11.6 Å². The van der Waals surface area contributed by atoms with E-state index in [2.05, 4.69) is 0 Å². The molecule has 0 aliphatic rings. The Balaban J connectivity index is 3.50. The topological polar surface area (TPSA) is 43.3 Å². The zero-order valence-electron chi connectivity index (χ0n) is 13.2. The summed E-state index contributed by atoms with van der Waals surface area (Å²) in [5.41, 5.74) is 1.27. The third kappa shape index (κ3) is 4.06. The molecule has 0 amide bonds. The van der Waals surface area contributed by atoms with Gasteiger partial charge in [0.1, 0.15) is 11.5 Å². The Morgan fingerprint density at radius 1 is 1.05 bits per heavy atom. The lowest BCUT2D eigenvalue weighted by Crippen LogP contribution is -2.19. The molecule has 0 spiro atoms. The summed E-state index contributed by atoms with van der Waals surface area (Å²) in [5, 5.41) is 10.6. The molecule has 0 saturated carbocycles.